The van der Waals surface area contributed by atoms with E-state index in [1.807, 2.05) is 19.1 Å². The van der Waals surface area contributed by atoms with E-state index in [-0.39, 0.29) is 11.7 Å². The first kappa shape index (κ1) is 16.6. The summed E-state index contributed by atoms with van der Waals surface area (Å²) in [5, 5.41) is 1.78. The van der Waals surface area contributed by atoms with Crippen molar-refractivity contribution < 1.29 is 13.9 Å². The Kier molecular flexibility index (Phi) is 4.89. The molecule has 0 unspecified atom stereocenters. The van der Waals surface area contributed by atoms with E-state index >= 15 is 0 Å². The minimum Gasteiger partial charge on any atom is -0.467 e. The van der Waals surface area contributed by atoms with E-state index < -0.39 is 0 Å². The van der Waals surface area contributed by atoms with Crippen LogP contribution in [0.15, 0.2) is 34.2 Å². The number of thioether (sulfide) groups is 1. The summed E-state index contributed by atoms with van der Waals surface area (Å²) in [6.45, 7) is 6.90. The van der Waals surface area contributed by atoms with Gasteiger partial charge in [0.2, 0.25) is 0 Å². The Morgan fingerprint density at radius 3 is 2.92 bits per heavy atom. The van der Waals surface area contributed by atoms with Gasteiger partial charge in [-0.25, -0.2) is 9.97 Å². The van der Waals surface area contributed by atoms with Gasteiger partial charge in [0.05, 0.1) is 30.6 Å². The van der Waals surface area contributed by atoms with Gasteiger partial charge < -0.3 is 13.7 Å². The molecule has 0 saturated carbocycles. The molecule has 0 fully saturated rings. The van der Waals surface area contributed by atoms with Crippen molar-refractivity contribution in [1.29, 1.82) is 0 Å². The molecule has 0 aromatic carbocycles. The van der Waals surface area contributed by atoms with Gasteiger partial charge in [-0.3, -0.25) is 4.79 Å². The Hall–Kier alpha value is -2.28. The maximum Gasteiger partial charge on any atom is 0.316 e. The van der Waals surface area contributed by atoms with Crippen molar-refractivity contribution in [3.05, 3.63) is 41.7 Å². The number of furan rings is 1. The number of fused-ring (bicyclic) bond motifs is 1. The lowest BCUT2D eigenvalue weighted by Gasteiger charge is -2.06. The summed E-state index contributed by atoms with van der Waals surface area (Å²) in [6, 6.07) is 3.82. The monoisotopic (exact) mass is 345 g/mol. The van der Waals surface area contributed by atoms with Gasteiger partial charge in [0.25, 0.3) is 0 Å². The SMILES string of the molecule is CCOC(=O)CSc1ncnc2c1c(C)c(C)n2Cc1ccco1. The van der Waals surface area contributed by atoms with Gasteiger partial charge in [-0.05, 0) is 38.5 Å². The maximum absolute atomic E-state index is 11.6. The second-order valence-corrected chi connectivity index (χ2v) is 6.31. The standard InChI is InChI=1S/C17H19N3O3S/c1-4-22-14(21)9-24-17-15-11(2)12(3)20(16(15)18-10-19-17)8-13-6-5-7-23-13/h5-7,10H,4,8-9H2,1-3H3. The Morgan fingerprint density at radius 1 is 1.38 bits per heavy atom. The number of aromatic nitrogens is 3. The van der Waals surface area contributed by atoms with E-state index in [9.17, 15) is 4.79 Å². The second-order valence-electron chi connectivity index (χ2n) is 5.35. The van der Waals surface area contributed by atoms with Crippen molar-refractivity contribution >= 4 is 28.8 Å². The van der Waals surface area contributed by atoms with Crippen LogP contribution in [0.25, 0.3) is 11.0 Å². The fourth-order valence-corrected chi connectivity index (χ4v) is 3.48. The molecular weight excluding hydrogens is 326 g/mol. The summed E-state index contributed by atoms with van der Waals surface area (Å²) in [5.74, 6) is 0.870. The average Bonchev–Trinajstić information content (AvgIpc) is 3.17. The van der Waals surface area contributed by atoms with Crippen LogP contribution in [0.3, 0.4) is 0 Å². The van der Waals surface area contributed by atoms with Crippen LogP contribution in [0.2, 0.25) is 0 Å². The molecule has 0 radical (unpaired) electrons. The molecule has 0 atom stereocenters. The molecule has 6 nitrogen and oxygen atoms in total. The van der Waals surface area contributed by atoms with E-state index in [0.717, 1.165) is 33.1 Å². The van der Waals surface area contributed by atoms with Gasteiger partial charge in [0, 0.05) is 5.69 Å². The zero-order valence-corrected chi connectivity index (χ0v) is 14.7. The van der Waals surface area contributed by atoms with Crippen molar-refractivity contribution in [1.82, 2.24) is 14.5 Å². The highest BCUT2D eigenvalue weighted by Crippen LogP contribution is 2.31. The minimum absolute atomic E-state index is 0.237. The number of rotatable bonds is 6. The Balaban J connectivity index is 1.96. The van der Waals surface area contributed by atoms with Gasteiger partial charge in [-0.2, -0.15) is 0 Å². The molecule has 3 rings (SSSR count). The lowest BCUT2D eigenvalue weighted by atomic mass is 10.2. The average molecular weight is 345 g/mol. The van der Waals surface area contributed by atoms with Crippen molar-refractivity contribution in [2.24, 2.45) is 0 Å². The van der Waals surface area contributed by atoms with E-state index in [4.69, 9.17) is 9.15 Å². The minimum atomic E-state index is -0.237. The Labute approximate surface area is 144 Å². The van der Waals surface area contributed by atoms with Crippen LogP contribution in [-0.4, -0.2) is 32.9 Å². The number of nitrogens with zero attached hydrogens (tertiary/aromatic N) is 3. The molecule has 0 aliphatic rings. The van der Waals surface area contributed by atoms with Crippen LogP contribution in [0, 0.1) is 13.8 Å². The lowest BCUT2D eigenvalue weighted by molar-refractivity contribution is -0.139. The fraction of sp³-hybridized carbons (Fsp3) is 0.353. The van der Waals surface area contributed by atoms with Crippen molar-refractivity contribution in [2.75, 3.05) is 12.4 Å². The molecule has 0 aliphatic carbocycles. The second kappa shape index (κ2) is 7.09. The molecule has 3 heterocycles. The molecule has 0 amide bonds. The highest BCUT2D eigenvalue weighted by Gasteiger charge is 2.18. The summed E-state index contributed by atoms with van der Waals surface area (Å²) >= 11 is 1.38. The maximum atomic E-state index is 11.6. The third-order valence-electron chi connectivity index (χ3n) is 3.90. The van der Waals surface area contributed by atoms with Crippen LogP contribution < -0.4 is 0 Å². The lowest BCUT2D eigenvalue weighted by Crippen LogP contribution is -2.07. The van der Waals surface area contributed by atoms with Crippen molar-refractivity contribution in [2.45, 2.75) is 32.3 Å². The van der Waals surface area contributed by atoms with Crippen molar-refractivity contribution in [3.8, 4) is 0 Å². The molecule has 0 bridgehead atoms. The smallest absolute Gasteiger partial charge is 0.316 e. The predicted octanol–water partition coefficient (Wildman–Crippen LogP) is 3.34. The summed E-state index contributed by atoms with van der Waals surface area (Å²) in [6.07, 6.45) is 3.20. The molecule has 126 valence electrons. The quantitative estimate of drug-likeness (QED) is 0.388. The van der Waals surface area contributed by atoms with Crippen LogP contribution in [0.1, 0.15) is 23.9 Å². The summed E-state index contributed by atoms with van der Waals surface area (Å²) in [4.78, 5) is 20.4. The number of hydrogen-bond acceptors (Lipinski definition) is 6. The molecule has 3 aromatic rings. The molecule has 0 spiro atoms. The van der Waals surface area contributed by atoms with Crippen LogP contribution in [-0.2, 0) is 16.1 Å². The van der Waals surface area contributed by atoms with Crippen molar-refractivity contribution in [3.63, 3.8) is 0 Å². The Bertz CT molecular complexity index is 856. The van der Waals surface area contributed by atoms with E-state index in [0.29, 0.717) is 13.2 Å². The Morgan fingerprint density at radius 2 is 2.21 bits per heavy atom. The number of carbonyl (C=O) groups is 1. The van der Waals surface area contributed by atoms with Crippen LogP contribution >= 0.6 is 11.8 Å². The fourth-order valence-electron chi connectivity index (χ4n) is 2.63. The zero-order valence-electron chi connectivity index (χ0n) is 13.9. The molecule has 0 aliphatic heterocycles. The highest BCUT2D eigenvalue weighted by molar-refractivity contribution is 8.00. The third-order valence-corrected chi connectivity index (χ3v) is 4.86. The van der Waals surface area contributed by atoms with Gasteiger partial charge in [0.1, 0.15) is 22.8 Å². The highest BCUT2D eigenvalue weighted by atomic mass is 32.2. The topological polar surface area (TPSA) is 70.2 Å². The number of hydrogen-bond donors (Lipinski definition) is 0. The van der Waals surface area contributed by atoms with Gasteiger partial charge >= 0.3 is 5.97 Å². The largest absolute Gasteiger partial charge is 0.467 e. The first-order valence-electron chi connectivity index (χ1n) is 7.73. The van der Waals surface area contributed by atoms with E-state index in [2.05, 4.69) is 21.5 Å². The van der Waals surface area contributed by atoms with E-state index in [1.54, 1.807) is 13.2 Å². The number of aryl methyl sites for hydroxylation is 1. The summed E-state index contributed by atoms with van der Waals surface area (Å²) in [5.41, 5.74) is 3.08. The van der Waals surface area contributed by atoms with Gasteiger partial charge in [-0.1, -0.05) is 11.8 Å². The third kappa shape index (κ3) is 3.17. The predicted molar refractivity (Wildman–Crippen MR) is 92.2 cm³/mol. The normalized spacial score (nSPS) is 11.1. The molecule has 7 heteroatoms. The number of carbonyl (C=O) groups excluding carboxylic acids is 1. The summed E-state index contributed by atoms with van der Waals surface area (Å²) in [7, 11) is 0. The van der Waals surface area contributed by atoms with Crippen LogP contribution in [0.4, 0.5) is 0 Å². The summed E-state index contributed by atoms with van der Waals surface area (Å²) < 4.78 is 12.6. The van der Waals surface area contributed by atoms with Gasteiger partial charge in [-0.15, -0.1) is 0 Å². The molecule has 24 heavy (non-hydrogen) atoms. The first-order valence-corrected chi connectivity index (χ1v) is 8.71. The zero-order chi connectivity index (χ0) is 17.1. The van der Waals surface area contributed by atoms with Gasteiger partial charge in [0.15, 0.2) is 0 Å². The molecule has 0 N–H and O–H groups in total. The number of ether oxygens (including phenoxy) is 1. The molecule has 3 aromatic heterocycles. The number of esters is 1. The first-order chi connectivity index (χ1) is 11.6. The van der Waals surface area contributed by atoms with E-state index in [1.165, 1.54) is 18.1 Å². The molecule has 0 saturated heterocycles. The molecular formula is C17H19N3O3S. The van der Waals surface area contributed by atoms with Crippen LogP contribution in [0.5, 0.6) is 0 Å².